The van der Waals surface area contributed by atoms with Gasteiger partial charge in [-0.05, 0) is 37.1 Å². The Morgan fingerprint density at radius 2 is 2.31 bits per heavy atom. The lowest BCUT2D eigenvalue weighted by Gasteiger charge is -2.21. The van der Waals surface area contributed by atoms with Gasteiger partial charge in [-0.25, -0.2) is 0 Å². The molecule has 0 saturated heterocycles. The lowest BCUT2D eigenvalue weighted by atomic mass is 10.00. The standard InChI is InChI=1S/C12H14N2OS/c13-9-12(5-1-2-6-12)14-11(15)8-10-4-3-7-16-10/h3-4,7H,1-2,5-6,8H2,(H,14,15). The van der Waals surface area contributed by atoms with E-state index in [4.69, 9.17) is 5.26 Å². The average molecular weight is 234 g/mol. The Bertz CT molecular complexity index is 399. The third-order valence-corrected chi connectivity index (χ3v) is 3.84. The van der Waals surface area contributed by atoms with Crippen LogP contribution in [0.1, 0.15) is 30.6 Å². The molecule has 1 amide bonds. The van der Waals surface area contributed by atoms with Crippen molar-refractivity contribution in [3.8, 4) is 6.07 Å². The summed E-state index contributed by atoms with van der Waals surface area (Å²) in [5.41, 5.74) is -0.589. The Hall–Kier alpha value is -1.34. The molecule has 0 spiro atoms. The summed E-state index contributed by atoms with van der Waals surface area (Å²) >= 11 is 1.57. The van der Waals surface area contributed by atoms with Gasteiger partial charge in [-0.15, -0.1) is 11.3 Å². The fraction of sp³-hybridized carbons (Fsp3) is 0.500. The van der Waals surface area contributed by atoms with Crippen LogP contribution >= 0.6 is 11.3 Å². The summed E-state index contributed by atoms with van der Waals surface area (Å²) in [5.74, 6) is -0.0362. The number of hydrogen-bond acceptors (Lipinski definition) is 3. The molecule has 16 heavy (non-hydrogen) atoms. The van der Waals surface area contributed by atoms with Gasteiger partial charge < -0.3 is 5.32 Å². The summed E-state index contributed by atoms with van der Waals surface area (Å²) in [6.07, 6.45) is 4.04. The number of carbonyl (C=O) groups is 1. The summed E-state index contributed by atoms with van der Waals surface area (Å²) in [6.45, 7) is 0. The number of amides is 1. The highest BCUT2D eigenvalue weighted by Crippen LogP contribution is 2.28. The molecule has 1 heterocycles. The zero-order valence-electron chi connectivity index (χ0n) is 9.03. The summed E-state index contributed by atoms with van der Waals surface area (Å²) in [4.78, 5) is 12.8. The maximum Gasteiger partial charge on any atom is 0.226 e. The minimum atomic E-state index is -0.589. The number of nitrogens with one attached hydrogen (secondary N) is 1. The van der Waals surface area contributed by atoms with Crippen LogP contribution in [0.4, 0.5) is 0 Å². The number of hydrogen-bond donors (Lipinski definition) is 1. The first-order valence-corrected chi connectivity index (χ1v) is 6.37. The fourth-order valence-electron chi connectivity index (χ4n) is 2.13. The Balaban J connectivity index is 1.94. The molecular formula is C12H14N2OS. The van der Waals surface area contributed by atoms with Gasteiger partial charge in [0.1, 0.15) is 5.54 Å². The lowest BCUT2D eigenvalue weighted by molar-refractivity contribution is -0.121. The van der Waals surface area contributed by atoms with E-state index >= 15 is 0 Å². The summed E-state index contributed by atoms with van der Waals surface area (Å²) < 4.78 is 0. The van der Waals surface area contributed by atoms with E-state index in [0.29, 0.717) is 6.42 Å². The maximum absolute atomic E-state index is 11.8. The quantitative estimate of drug-likeness (QED) is 0.872. The molecule has 1 fully saturated rings. The minimum Gasteiger partial charge on any atom is -0.338 e. The van der Waals surface area contributed by atoms with Gasteiger partial charge in [0.2, 0.25) is 5.91 Å². The predicted octanol–water partition coefficient (Wildman–Crippen LogP) is 2.24. The van der Waals surface area contributed by atoms with Gasteiger partial charge in [-0.3, -0.25) is 4.79 Å². The fourth-order valence-corrected chi connectivity index (χ4v) is 2.83. The van der Waals surface area contributed by atoms with Gasteiger partial charge in [0.25, 0.3) is 0 Å². The Kier molecular flexibility index (Phi) is 3.25. The average Bonchev–Trinajstić information content (AvgIpc) is 2.90. The van der Waals surface area contributed by atoms with Crippen molar-refractivity contribution >= 4 is 17.2 Å². The Morgan fingerprint density at radius 1 is 1.56 bits per heavy atom. The molecule has 0 bridgehead atoms. The van der Waals surface area contributed by atoms with Gasteiger partial charge in [0, 0.05) is 4.88 Å². The molecule has 4 heteroatoms. The van der Waals surface area contributed by atoms with Gasteiger partial charge in [-0.2, -0.15) is 5.26 Å². The molecular weight excluding hydrogens is 220 g/mol. The highest BCUT2D eigenvalue weighted by Gasteiger charge is 2.35. The van der Waals surface area contributed by atoms with E-state index in [0.717, 1.165) is 30.6 Å². The summed E-state index contributed by atoms with van der Waals surface area (Å²) in [5, 5.41) is 14.0. The van der Waals surface area contributed by atoms with Crippen LogP contribution in [-0.2, 0) is 11.2 Å². The molecule has 2 rings (SSSR count). The predicted molar refractivity (Wildman–Crippen MR) is 63.0 cm³/mol. The third kappa shape index (κ3) is 2.42. The zero-order chi connectivity index (χ0) is 11.4. The number of nitriles is 1. The number of thiophene rings is 1. The molecule has 0 atom stereocenters. The first-order valence-electron chi connectivity index (χ1n) is 5.49. The second-order valence-corrected chi connectivity index (χ2v) is 5.24. The van der Waals surface area contributed by atoms with E-state index in [1.807, 2.05) is 17.5 Å². The van der Waals surface area contributed by atoms with E-state index in [2.05, 4.69) is 11.4 Å². The number of nitrogens with zero attached hydrogens (tertiary/aromatic N) is 1. The molecule has 0 aliphatic heterocycles. The molecule has 0 unspecified atom stereocenters. The number of rotatable bonds is 3. The van der Waals surface area contributed by atoms with Crippen LogP contribution in [0.5, 0.6) is 0 Å². The SMILES string of the molecule is N#CC1(NC(=O)Cc2cccs2)CCCC1. The normalized spacial score (nSPS) is 17.9. The summed E-state index contributed by atoms with van der Waals surface area (Å²) in [7, 11) is 0. The van der Waals surface area contributed by atoms with E-state index < -0.39 is 5.54 Å². The molecule has 1 saturated carbocycles. The van der Waals surface area contributed by atoms with E-state index in [-0.39, 0.29) is 5.91 Å². The largest absolute Gasteiger partial charge is 0.338 e. The van der Waals surface area contributed by atoms with Crippen LogP contribution in [0.25, 0.3) is 0 Å². The monoisotopic (exact) mass is 234 g/mol. The molecule has 1 aromatic heterocycles. The van der Waals surface area contributed by atoms with Crippen molar-refractivity contribution < 1.29 is 4.79 Å². The molecule has 1 aliphatic carbocycles. The van der Waals surface area contributed by atoms with Crippen molar-refractivity contribution in [3.63, 3.8) is 0 Å². The van der Waals surface area contributed by atoms with Crippen LogP contribution in [-0.4, -0.2) is 11.4 Å². The van der Waals surface area contributed by atoms with Crippen LogP contribution in [0.15, 0.2) is 17.5 Å². The van der Waals surface area contributed by atoms with Crippen LogP contribution < -0.4 is 5.32 Å². The van der Waals surface area contributed by atoms with Crippen molar-refractivity contribution in [2.45, 2.75) is 37.6 Å². The summed E-state index contributed by atoms with van der Waals surface area (Å²) in [6, 6.07) is 6.14. The van der Waals surface area contributed by atoms with Crippen LogP contribution in [0, 0.1) is 11.3 Å². The highest BCUT2D eigenvalue weighted by molar-refractivity contribution is 7.10. The lowest BCUT2D eigenvalue weighted by Crippen LogP contribution is -2.45. The number of carbonyl (C=O) groups excluding carboxylic acids is 1. The van der Waals surface area contributed by atoms with Gasteiger partial charge in [0.15, 0.2) is 0 Å². The molecule has 1 aromatic rings. The van der Waals surface area contributed by atoms with Gasteiger partial charge >= 0.3 is 0 Å². The molecule has 0 aromatic carbocycles. The van der Waals surface area contributed by atoms with E-state index in [1.54, 1.807) is 11.3 Å². The second kappa shape index (κ2) is 4.67. The van der Waals surface area contributed by atoms with Crippen molar-refractivity contribution in [3.05, 3.63) is 22.4 Å². The Morgan fingerprint density at radius 3 is 2.88 bits per heavy atom. The Labute approximate surface area is 99.1 Å². The first kappa shape index (κ1) is 11.2. The molecule has 0 radical (unpaired) electrons. The van der Waals surface area contributed by atoms with Gasteiger partial charge in [-0.1, -0.05) is 6.07 Å². The topological polar surface area (TPSA) is 52.9 Å². The molecule has 3 nitrogen and oxygen atoms in total. The second-order valence-electron chi connectivity index (χ2n) is 4.21. The van der Waals surface area contributed by atoms with Crippen LogP contribution in [0.2, 0.25) is 0 Å². The maximum atomic E-state index is 11.8. The molecule has 84 valence electrons. The minimum absolute atomic E-state index is 0.0362. The molecule has 1 aliphatic rings. The van der Waals surface area contributed by atoms with Gasteiger partial charge in [0.05, 0.1) is 12.5 Å². The van der Waals surface area contributed by atoms with Crippen molar-refractivity contribution in [2.75, 3.05) is 0 Å². The van der Waals surface area contributed by atoms with Crippen molar-refractivity contribution in [1.29, 1.82) is 5.26 Å². The van der Waals surface area contributed by atoms with E-state index in [9.17, 15) is 4.79 Å². The zero-order valence-corrected chi connectivity index (χ0v) is 9.85. The van der Waals surface area contributed by atoms with Crippen LogP contribution in [0.3, 0.4) is 0 Å². The third-order valence-electron chi connectivity index (χ3n) is 2.96. The van der Waals surface area contributed by atoms with E-state index in [1.165, 1.54) is 0 Å². The highest BCUT2D eigenvalue weighted by atomic mass is 32.1. The first-order chi connectivity index (χ1) is 7.74. The molecule has 1 N–H and O–H groups in total. The van der Waals surface area contributed by atoms with Crippen molar-refractivity contribution in [2.24, 2.45) is 0 Å². The van der Waals surface area contributed by atoms with Crippen molar-refractivity contribution in [1.82, 2.24) is 5.32 Å². The smallest absolute Gasteiger partial charge is 0.226 e.